The van der Waals surface area contributed by atoms with Gasteiger partial charge in [-0.2, -0.15) is 0 Å². The van der Waals surface area contributed by atoms with Crippen molar-refractivity contribution in [3.05, 3.63) is 78.6 Å². The largest absolute Gasteiger partial charge is 0.324 e. The van der Waals surface area contributed by atoms with Crippen LogP contribution in [0.15, 0.2) is 73.1 Å². The maximum Gasteiger partial charge on any atom is 0.255 e. The van der Waals surface area contributed by atoms with Crippen molar-refractivity contribution in [2.45, 2.75) is 12.8 Å². The molecule has 1 saturated heterocycles. The fraction of sp³-hybridized carbons (Fsp3) is 0.190. The van der Waals surface area contributed by atoms with E-state index in [9.17, 15) is 13.2 Å². The summed E-state index contributed by atoms with van der Waals surface area (Å²) in [5.74, 6) is -0.0742. The fourth-order valence-corrected chi connectivity index (χ4v) is 4.94. The molecule has 7 heteroatoms. The first-order valence-corrected chi connectivity index (χ1v) is 10.8. The van der Waals surface area contributed by atoms with Gasteiger partial charge in [-0.1, -0.05) is 6.07 Å². The van der Waals surface area contributed by atoms with Crippen LogP contribution in [-0.4, -0.2) is 31.2 Å². The van der Waals surface area contributed by atoms with E-state index in [1.807, 2.05) is 41.2 Å². The van der Waals surface area contributed by atoms with Gasteiger partial charge in [-0.15, -0.1) is 0 Å². The standard InChI is InChI=1S/C21H21N3O3S/c25-21(17-8-10-19(11-9-17)23-12-1-2-13-23)22-18-6-5-7-20(16-18)24-14-3-4-15-28(24,26)27/h1-2,5-13,16H,3-4,14-15H2,(H,22,25). The molecule has 1 aliphatic heterocycles. The lowest BCUT2D eigenvalue weighted by atomic mass is 10.2. The smallest absolute Gasteiger partial charge is 0.255 e. The zero-order chi connectivity index (χ0) is 19.6. The molecule has 0 radical (unpaired) electrons. The molecule has 0 saturated carbocycles. The molecule has 0 atom stereocenters. The van der Waals surface area contributed by atoms with Crippen molar-refractivity contribution in [2.24, 2.45) is 0 Å². The van der Waals surface area contributed by atoms with E-state index in [2.05, 4.69) is 5.32 Å². The summed E-state index contributed by atoms with van der Waals surface area (Å²) in [5, 5.41) is 2.85. The topological polar surface area (TPSA) is 71.4 Å². The third-order valence-corrected chi connectivity index (χ3v) is 6.64. The Hall–Kier alpha value is -3.06. The minimum atomic E-state index is -3.28. The molecule has 3 aromatic rings. The van der Waals surface area contributed by atoms with Crippen molar-refractivity contribution in [3.63, 3.8) is 0 Å². The number of nitrogens with zero attached hydrogens (tertiary/aromatic N) is 2. The predicted molar refractivity (Wildman–Crippen MR) is 111 cm³/mol. The van der Waals surface area contributed by atoms with Crippen LogP contribution in [0.2, 0.25) is 0 Å². The van der Waals surface area contributed by atoms with Gasteiger partial charge in [0.25, 0.3) is 5.91 Å². The van der Waals surface area contributed by atoms with E-state index in [1.165, 1.54) is 4.31 Å². The van der Waals surface area contributed by atoms with Gasteiger partial charge < -0.3 is 9.88 Å². The number of carbonyl (C=O) groups is 1. The number of amides is 1. The first-order valence-electron chi connectivity index (χ1n) is 9.18. The van der Waals surface area contributed by atoms with E-state index >= 15 is 0 Å². The Balaban J connectivity index is 1.50. The molecule has 1 amide bonds. The van der Waals surface area contributed by atoms with E-state index < -0.39 is 10.0 Å². The van der Waals surface area contributed by atoms with Crippen LogP contribution in [0.25, 0.3) is 5.69 Å². The summed E-state index contributed by atoms with van der Waals surface area (Å²) in [6, 6.07) is 18.1. The van der Waals surface area contributed by atoms with Crippen LogP contribution >= 0.6 is 0 Å². The first kappa shape index (κ1) is 18.3. The zero-order valence-corrected chi connectivity index (χ0v) is 16.1. The number of carbonyl (C=O) groups excluding carboxylic acids is 1. The summed E-state index contributed by atoms with van der Waals surface area (Å²) in [6.07, 6.45) is 5.41. The Morgan fingerprint density at radius 3 is 2.36 bits per heavy atom. The van der Waals surface area contributed by atoms with Gasteiger partial charge >= 0.3 is 0 Å². The van der Waals surface area contributed by atoms with E-state index in [0.29, 0.717) is 29.9 Å². The summed E-state index contributed by atoms with van der Waals surface area (Å²) >= 11 is 0. The van der Waals surface area contributed by atoms with Crippen molar-refractivity contribution < 1.29 is 13.2 Å². The Morgan fingerprint density at radius 1 is 0.893 bits per heavy atom. The lowest BCUT2D eigenvalue weighted by molar-refractivity contribution is 0.102. The number of benzene rings is 2. The van der Waals surface area contributed by atoms with Crippen LogP contribution in [0.3, 0.4) is 0 Å². The summed E-state index contributed by atoms with van der Waals surface area (Å²) in [5.41, 5.74) is 2.66. The number of nitrogens with one attached hydrogen (secondary N) is 1. The fourth-order valence-electron chi connectivity index (χ4n) is 3.31. The Labute approximate surface area is 164 Å². The van der Waals surface area contributed by atoms with Gasteiger partial charge in [0.1, 0.15) is 0 Å². The number of sulfonamides is 1. The molecule has 2 heterocycles. The molecule has 28 heavy (non-hydrogen) atoms. The first-order chi connectivity index (χ1) is 13.5. The average molecular weight is 395 g/mol. The molecule has 1 fully saturated rings. The van der Waals surface area contributed by atoms with Gasteiger partial charge in [0.05, 0.1) is 11.4 Å². The molecule has 4 rings (SSSR count). The predicted octanol–water partition coefficient (Wildman–Crippen LogP) is 3.66. The third kappa shape index (κ3) is 3.80. The van der Waals surface area contributed by atoms with Gasteiger partial charge in [0, 0.05) is 35.9 Å². The van der Waals surface area contributed by atoms with E-state index in [1.54, 1.807) is 36.4 Å². The normalized spacial score (nSPS) is 15.9. The lowest BCUT2D eigenvalue weighted by Gasteiger charge is -2.28. The highest BCUT2D eigenvalue weighted by atomic mass is 32.2. The molecule has 0 bridgehead atoms. The summed E-state index contributed by atoms with van der Waals surface area (Å²) in [6.45, 7) is 0.473. The molecule has 1 N–H and O–H groups in total. The second kappa shape index (κ2) is 7.52. The Morgan fingerprint density at radius 2 is 1.64 bits per heavy atom. The van der Waals surface area contributed by atoms with Gasteiger partial charge in [-0.05, 0) is 67.4 Å². The summed E-state index contributed by atoms with van der Waals surface area (Å²) in [4.78, 5) is 12.6. The number of rotatable bonds is 4. The molecule has 1 aliphatic rings. The highest BCUT2D eigenvalue weighted by molar-refractivity contribution is 7.92. The second-order valence-electron chi connectivity index (χ2n) is 6.74. The molecule has 1 aromatic heterocycles. The van der Waals surface area contributed by atoms with Crippen molar-refractivity contribution >= 4 is 27.3 Å². The van der Waals surface area contributed by atoms with E-state index in [4.69, 9.17) is 0 Å². The number of aromatic nitrogens is 1. The van der Waals surface area contributed by atoms with Gasteiger partial charge in [0.15, 0.2) is 0 Å². The second-order valence-corrected chi connectivity index (χ2v) is 8.75. The molecule has 144 valence electrons. The molecular weight excluding hydrogens is 374 g/mol. The Kier molecular flexibility index (Phi) is 4.92. The van der Waals surface area contributed by atoms with Crippen LogP contribution < -0.4 is 9.62 Å². The maximum atomic E-state index is 12.6. The average Bonchev–Trinajstić information content (AvgIpc) is 3.23. The van der Waals surface area contributed by atoms with Crippen molar-refractivity contribution in [1.82, 2.24) is 4.57 Å². The van der Waals surface area contributed by atoms with Crippen molar-refractivity contribution in [2.75, 3.05) is 21.9 Å². The summed E-state index contributed by atoms with van der Waals surface area (Å²) in [7, 11) is -3.28. The third-order valence-electron chi connectivity index (χ3n) is 4.77. The Bertz CT molecular complexity index is 1070. The highest BCUT2D eigenvalue weighted by Gasteiger charge is 2.26. The monoisotopic (exact) mass is 395 g/mol. The van der Waals surface area contributed by atoms with Crippen LogP contribution in [-0.2, 0) is 10.0 Å². The van der Waals surface area contributed by atoms with Crippen LogP contribution in [0, 0.1) is 0 Å². The number of hydrogen-bond donors (Lipinski definition) is 1. The highest BCUT2D eigenvalue weighted by Crippen LogP contribution is 2.26. The molecular formula is C21H21N3O3S. The molecule has 6 nitrogen and oxygen atoms in total. The minimum absolute atomic E-state index is 0.164. The molecule has 0 unspecified atom stereocenters. The minimum Gasteiger partial charge on any atom is -0.324 e. The number of hydrogen-bond acceptors (Lipinski definition) is 3. The van der Waals surface area contributed by atoms with Crippen molar-refractivity contribution in [1.29, 1.82) is 0 Å². The van der Waals surface area contributed by atoms with Gasteiger partial charge in [0.2, 0.25) is 10.0 Å². The van der Waals surface area contributed by atoms with Crippen LogP contribution in [0.5, 0.6) is 0 Å². The lowest BCUT2D eigenvalue weighted by Crippen LogP contribution is -2.37. The van der Waals surface area contributed by atoms with Gasteiger partial charge in [-0.25, -0.2) is 8.42 Å². The molecule has 2 aromatic carbocycles. The zero-order valence-electron chi connectivity index (χ0n) is 15.3. The molecule has 0 spiro atoms. The maximum absolute atomic E-state index is 12.6. The molecule has 0 aliphatic carbocycles. The van der Waals surface area contributed by atoms with Crippen LogP contribution in [0.1, 0.15) is 23.2 Å². The summed E-state index contributed by atoms with van der Waals surface area (Å²) < 4.78 is 28.0. The van der Waals surface area contributed by atoms with E-state index in [0.717, 1.165) is 12.1 Å². The number of anilines is 2. The van der Waals surface area contributed by atoms with Crippen molar-refractivity contribution in [3.8, 4) is 5.69 Å². The quantitative estimate of drug-likeness (QED) is 0.733. The van der Waals surface area contributed by atoms with E-state index in [-0.39, 0.29) is 11.7 Å². The van der Waals surface area contributed by atoms with Crippen LogP contribution in [0.4, 0.5) is 11.4 Å². The SMILES string of the molecule is O=C(Nc1cccc(N2CCCCS2(=O)=O)c1)c1ccc(-n2cccc2)cc1. The van der Waals surface area contributed by atoms with Gasteiger partial charge in [-0.3, -0.25) is 9.10 Å².